The molecule has 0 spiro atoms. The van der Waals surface area contributed by atoms with Gasteiger partial charge in [0.25, 0.3) is 5.91 Å². The summed E-state index contributed by atoms with van der Waals surface area (Å²) < 4.78 is 38.8. The van der Waals surface area contributed by atoms with Gasteiger partial charge in [0.15, 0.2) is 0 Å². The fraction of sp³-hybridized carbons (Fsp3) is 0.409. The lowest BCUT2D eigenvalue weighted by Crippen LogP contribution is -2.40. The van der Waals surface area contributed by atoms with Crippen molar-refractivity contribution in [1.29, 1.82) is 0 Å². The average molecular weight is 431 g/mol. The normalized spacial score (nSPS) is 21.7. The number of fused-ring (bicyclic) bond motifs is 1. The van der Waals surface area contributed by atoms with Crippen LogP contribution in [0.25, 0.3) is 0 Å². The van der Waals surface area contributed by atoms with Gasteiger partial charge in [-0.2, -0.15) is 4.31 Å². The van der Waals surface area contributed by atoms with Crippen LogP contribution in [0, 0.1) is 6.92 Å². The number of morpholine rings is 1. The molecule has 1 N–H and O–H groups in total. The highest BCUT2D eigenvalue weighted by Crippen LogP contribution is 2.40. The van der Waals surface area contributed by atoms with Crippen molar-refractivity contribution in [2.45, 2.75) is 37.7 Å². The standard InChI is InChI=1S/C22H26N2O5S/c1-14-7-8-17(13-20(14)30(26,27)24-9-11-28-12-10-24)23-22(25)19-6-4-5-18-15(2)16(3)29-21(18)19/h4-8,13,15-16H,9-12H2,1-3H3,(H,23,25)/t15-,16+/m1/s1. The first-order chi connectivity index (χ1) is 14.3. The number of sulfonamides is 1. The number of anilines is 1. The van der Waals surface area contributed by atoms with Crippen LogP contribution in [0.3, 0.4) is 0 Å². The molecule has 2 atom stereocenters. The van der Waals surface area contributed by atoms with Crippen LogP contribution in [0.4, 0.5) is 5.69 Å². The van der Waals surface area contributed by atoms with Gasteiger partial charge in [0.2, 0.25) is 10.0 Å². The summed E-state index contributed by atoms with van der Waals surface area (Å²) in [6.45, 7) is 7.20. The number of carbonyl (C=O) groups is 1. The summed E-state index contributed by atoms with van der Waals surface area (Å²) in [4.78, 5) is 13.2. The van der Waals surface area contributed by atoms with Gasteiger partial charge in [-0.1, -0.05) is 25.1 Å². The molecule has 2 aliphatic rings. The molecule has 30 heavy (non-hydrogen) atoms. The van der Waals surface area contributed by atoms with E-state index in [1.807, 2.05) is 19.1 Å². The van der Waals surface area contributed by atoms with E-state index in [1.54, 1.807) is 25.1 Å². The van der Waals surface area contributed by atoms with Crippen LogP contribution in [0.1, 0.15) is 41.3 Å². The molecule has 1 amide bonds. The summed E-state index contributed by atoms with van der Waals surface area (Å²) in [6, 6.07) is 10.5. The zero-order valence-corrected chi connectivity index (χ0v) is 18.2. The molecule has 4 rings (SSSR count). The lowest BCUT2D eigenvalue weighted by Gasteiger charge is -2.26. The van der Waals surface area contributed by atoms with Crippen LogP contribution in [0.5, 0.6) is 5.75 Å². The Morgan fingerprint density at radius 1 is 1.13 bits per heavy atom. The molecule has 2 heterocycles. The Kier molecular flexibility index (Phi) is 5.57. The molecule has 0 unspecified atom stereocenters. The highest BCUT2D eigenvalue weighted by Gasteiger charge is 2.31. The van der Waals surface area contributed by atoms with Gasteiger partial charge in [-0.05, 0) is 37.6 Å². The Hall–Kier alpha value is -2.42. The van der Waals surface area contributed by atoms with E-state index in [0.29, 0.717) is 48.9 Å². The number of rotatable bonds is 4. The molecule has 0 saturated carbocycles. The zero-order chi connectivity index (χ0) is 21.5. The molecule has 0 bridgehead atoms. The van der Waals surface area contributed by atoms with Crippen molar-refractivity contribution >= 4 is 21.6 Å². The minimum absolute atomic E-state index is 0.00130. The van der Waals surface area contributed by atoms with Crippen LogP contribution >= 0.6 is 0 Å². The minimum Gasteiger partial charge on any atom is -0.489 e. The molecular formula is C22H26N2O5S. The van der Waals surface area contributed by atoms with Gasteiger partial charge in [-0.25, -0.2) is 8.42 Å². The first-order valence-corrected chi connectivity index (χ1v) is 11.5. The van der Waals surface area contributed by atoms with Crippen molar-refractivity contribution in [1.82, 2.24) is 4.31 Å². The summed E-state index contributed by atoms with van der Waals surface area (Å²) in [7, 11) is -3.66. The Labute approximate surface area is 177 Å². The third-order valence-corrected chi connectivity index (χ3v) is 7.86. The van der Waals surface area contributed by atoms with Crippen molar-refractivity contribution in [2.75, 3.05) is 31.6 Å². The zero-order valence-electron chi connectivity index (χ0n) is 17.3. The maximum absolute atomic E-state index is 13.1. The maximum atomic E-state index is 13.1. The third kappa shape index (κ3) is 3.71. The lowest BCUT2D eigenvalue weighted by atomic mass is 9.97. The Morgan fingerprint density at radius 2 is 1.87 bits per heavy atom. The van der Waals surface area contributed by atoms with Gasteiger partial charge >= 0.3 is 0 Å². The fourth-order valence-corrected chi connectivity index (χ4v) is 5.50. The number of aryl methyl sites for hydroxylation is 1. The summed E-state index contributed by atoms with van der Waals surface area (Å²) in [6.07, 6.45) is -0.00130. The first-order valence-electron chi connectivity index (χ1n) is 10.1. The average Bonchev–Trinajstić information content (AvgIpc) is 3.04. The highest BCUT2D eigenvalue weighted by molar-refractivity contribution is 7.89. The minimum atomic E-state index is -3.66. The quantitative estimate of drug-likeness (QED) is 0.806. The van der Waals surface area contributed by atoms with Crippen LogP contribution in [-0.2, 0) is 14.8 Å². The molecule has 2 aromatic rings. The van der Waals surface area contributed by atoms with Crippen molar-refractivity contribution in [3.05, 3.63) is 53.1 Å². The second kappa shape index (κ2) is 8.02. The molecule has 1 saturated heterocycles. The third-order valence-electron chi connectivity index (χ3n) is 5.82. The molecule has 2 aliphatic heterocycles. The summed E-state index contributed by atoms with van der Waals surface area (Å²) >= 11 is 0. The molecule has 0 aromatic heterocycles. The van der Waals surface area contributed by atoms with E-state index in [4.69, 9.17) is 9.47 Å². The number of hydrogen-bond acceptors (Lipinski definition) is 5. The molecule has 0 radical (unpaired) electrons. The first kappa shape index (κ1) is 20.8. The fourth-order valence-electron chi connectivity index (χ4n) is 3.84. The van der Waals surface area contributed by atoms with Crippen molar-refractivity contribution in [3.63, 3.8) is 0 Å². The van der Waals surface area contributed by atoms with E-state index < -0.39 is 10.0 Å². The van der Waals surface area contributed by atoms with Crippen molar-refractivity contribution < 1.29 is 22.7 Å². The number of ether oxygens (including phenoxy) is 2. The lowest BCUT2D eigenvalue weighted by molar-refractivity contribution is 0.0730. The van der Waals surface area contributed by atoms with Crippen LogP contribution in [-0.4, -0.2) is 51.0 Å². The van der Waals surface area contributed by atoms with E-state index in [2.05, 4.69) is 12.2 Å². The summed E-state index contributed by atoms with van der Waals surface area (Å²) in [5.41, 5.74) is 2.51. The monoisotopic (exact) mass is 430 g/mol. The van der Waals surface area contributed by atoms with Crippen molar-refractivity contribution in [3.8, 4) is 5.75 Å². The van der Waals surface area contributed by atoms with E-state index in [-0.39, 0.29) is 22.8 Å². The number of benzene rings is 2. The van der Waals surface area contributed by atoms with Crippen LogP contribution in [0.15, 0.2) is 41.3 Å². The number of hydrogen-bond donors (Lipinski definition) is 1. The molecule has 1 fully saturated rings. The van der Waals surface area contributed by atoms with Gasteiger partial charge in [0.1, 0.15) is 11.9 Å². The van der Waals surface area contributed by atoms with Gasteiger partial charge in [-0.15, -0.1) is 0 Å². The second-order valence-corrected chi connectivity index (χ2v) is 9.69. The van der Waals surface area contributed by atoms with Crippen LogP contribution < -0.4 is 10.1 Å². The van der Waals surface area contributed by atoms with Gasteiger partial charge in [0.05, 0.1) is 23.7 Å². The SMILES string of the molecule is Cc1ccc(NC(=O)c2cccc3c2O[C@@H](C)[C@H]3C)cc1S(=O)(=O)N1CCOCC1. The van der Waals surface area contributed by atoms with Gasteiger partial charge in [0, 0.05) is 30.3 Å². The highest BCUT2D eigenvalue weighted by atomic mass is 32.2. The van der Waals surface area contributed by atoms with Gasteiger partial charge < -0.3 is 14.8 Å². The topological polar surface area (TPSA) is 84.9 Å². The number of carbonyl (C=O) groups excluding carboxylic acids is 1. The predicted octanol–water partition coefficient (Wildman–Crippen LogP) is 3.15. The van der Waals surface area contributed by atoms with Crippen LogP contribution in [0.2, 0.25) is 0 Å². The van der Waals surface area contributed by atoms with Crippen molar-refractivity contribution in [2.24, 2.45) is 0 Å². The number of nitrogens with one attached hydrogen (secondary N) is 1. The molecule has 160 valence electrons. The Balaban J connectivity index is 1.61. The largest absolute Gasteiger partial charge is 0.489 e. The van der Waals surface area contributed by atoms with E-state index >= 15 is 0 Å². The Bertz CT molecular complexity index is 1080. The molecule has 7 nitrogen and oxygen atoms in total. The summed E-state index contributed by atoms with van der Waals surface area (Å²) in [5.74, 6) is 0.479. The second-order valence-electron chi connectivity index (χ2n) is 7.79. The number of nitrogens with zero attached hydrogens (tertiary/aromatic N) is 1. The number of para-hydroxylation sites is 1. The number of amides is 1. The predicted molar refractivity (Wildman–Crippen MR) is 114 cm³/mol. The molecule has 0 aliphatic carbocycles. The molecule has 2 aromatic carbocycles. The van der Waals surface area contributed by atoms with E-state index in [0.717, 1.165) is 5.56 Å². The molecular weight excluding hydrogens is 404 g/mol. The summed E-state index contributed by atoms with van der Waals surface area (Å²) in [5, 5.41) is 2.83. The molecule has 8 heteroatoms. The van der Waals surface area contributed by atoms with Gasteiger partial charge in [-0.3, -0.25) is 4.79 Å². The van der Waals surface area contributed by atoms with E-state index in [1.165, 1.54) is 10.4 Å². The smallest absolute Gasteiger partial charge is 0.259 e. The van der Waals surface area contributed by atoms with E-state index in [9.17, 15) is 13.2 Å². The Morgan fingerprint density at radius 3 is 2.60 bits per heavy atom. The maximum Gasteiger partial charge on any atom is 0.259 e.